The highest BCUT2D eigenvalue weighted by Crippen LogP contribution is 2.46. The number of ketones is 1. The molecule has 1 amide bonds. The highest BCUT2D eigenvalue weighted by Gasteiger charge is 2.53. The normalized spacial score (nSPS) is 16.7. The number of nitrogens with zero attached hydrogens (tertiary/aromatic N) is 1. The third-order valence-corrected chi connectivity index (χ3v) is 6.84. The smallest absolute Gasteiger partial charge is 0.290 e. The van der Waals surface area contributed by atoms with E-state index in [2.05, 4.69) is 0 Å². The number of ether oxygens (including phenoxy) is 4. The molecule has 0 aromatic heterocycles. The highest BCUT2D eigenvalue weighted by atomic mass is 35.5. The van der Waals surface area contributed by atoms with Crippen molar-refractivity contribution in [1.82, 2.24) is 4.90 Å². The summed E-state index contributed by atoms with van der Waals surface area (Å²) in [6, 6.07) is 14.7. The second kappa shape index (κ2) is 10.8. The molecule has 4 rings (SSSR count). The van der Waals surface area contributed by atoms with Crippen LogP contribution in [0.4, 0.5) is 0 Å². The number of rotatable bonds is 9. The number of carbonyl (C=O) groups is 2. The molecule has 1 atom stereocenters. The lowest BCUT2D eigenvalue weighted by atomic mass is 9.81. The van der Waals surface area contributed by atoms with Crippen LogP contribution in [0.25, 0.3) is 0 Å². The van der Waals surface area contributed by atoms with Gasteiger partial charge in [-0.05, 0) is 47.5 Å². The lowest BCUT2D eigenvalue weighted by molar-refractivity contribution is -0.131. The molecule has 198 valence electrons. The van der Waals surface area contributed by atoms with Crippen molar-refractivity contribution in [3.05, 3.63) is 93.2 Å². The molecule has 0 fully saturated rings. The summed E-state index contributed by atoms with van der Waals surface area (Å²) in [5, 5.41) is 11.1. The van der Waals surface area contributed by atoms with E-state index >= 15 is 0 Å². The van der Waals surface area contributed by atoms with E-state index in [1.54, 1.807) is 42.5 Å². The number of hydrogen-bond acceptors (Lipinski definition) is 7. The van der Waals surface area contributed by atoms with Crippen molar-refractivity contribution < 1.29 is 33.6 Å². The number of hydrogen-bond donors (Lipinski definition) is 1. The SMILES string of the molecule is COc1cccc(CN2C(=O)C(O)=CC2(C(=O)c2cc(Cl)cc(Cl)c2OC)c2ccc(OC)c(OC)c2)c1. The van der Waals surface area contributed by atoms with E-state index in [9.17, 15) is 14.7 Å². The first kappa shape index (κ1) is 27.2. The molecule has 0 aliphatic carbocycles. The zero-order valence-corrected chi connectivity index (χ0v) is 22.6. The van der Waals surface area contributed by atoms with E-state index in [1.807, 2.05) is 0 Å². The van der Waals surface area contributed by atoms with Crippen molar-refractivity contribution in [3.63, 3.8) is 0 Å². The summed E-state index contributed by atoms with van der Waals surface area (Å²) in [5.74, 6) is -0.564. The predicted molar refractivity (Wildman–Crippen MR) is 143 cm³/mol. The summed E-state index contributed by atoms with van der Waals surface area (Å²) < 4.78 is 21.6. The van der Waals surface area contributed by atoms with Gasteiger partial charge in [0.05, 0.1) is 39.0 Å². The zero-order valence-electron chi connectivity index (χ0n) is 21.1. The minimum absolute atomic E-state index is 0.0224. The van der Waals surface area contributed by atoms with Crippen LogP contribution in [0.15, 0.2) is 66.4 Å². The van der Waals surface area contributed by atoms with E-state index < -0.39 is 23.0 Å². The standard InChI is InChI=1S/C28H25Cl2NO7/c1-35-19-7-5-6-16(10-19)15-31-27(34)22(32)14-28(31,17-8-9-23(36-2)24(11-17)37-3)26(33)20-12-18(29)13-21(30)25(20)38-4/h5-14,32H,15H2,1-4H3. The Labute approximate surface area is 229 Å². The average Bonchev–Trinajstić information content (AvgIpc) is 3.17. The molecule has 0 radical (unpaired) electrons. The first-order valence-electron chi connectivity index (χ1n) is 11.4. The molecular weight excluding hydrogens is 533 g/mol. The van der Waals surface area contributed by atoms with Gasteiger partial charge in [0, 0.05) is 17.6 Å². The third-order valence-electron chi connectivity index (χ3n) is 6.34. The average molecular weight is 558 g/mol. The summed E-state index contributed by atoms with van der Waals surface area (Å²) in [4.78, 5) is 29.3. The van der Waals surface area contributed by atoms with Crippen LogP contribution < -0.4 is 18.9 Å². The first-order chi connectivity index (χ1) is 18.2. The molecule has 1 aliphatic heterocycles. The topological polar surface area (TPSA) is 94.5 Å². The van der Waals surface area contributed by atoms with Gasteiger partial charge in [-0.15, -0.1) is 0 Å². The van der Waals surface area contributed by atoms with Gasteiger partial charge in [0.25, 0.3) is 5.91 Å². The van der Waals surface area contributed by atoms with Gasteiger partial charge in [-0.1, -0.05) is 41.4 Å². The largest absolute Gasteiger partial charge is 0.503 e. The van der Waals surface area contributed by atoms with Crippen molar-refractivity contribution in [3.8, 4) is 23.0 Å². The summed E-state index contributed by atoms with van der Waals surface area (Å²) in [5.41, 5.74) is -0.812. The summed E-state index contributed by atoms with van der Waals surface area (Å²) in [6.07, 6.45) is 1.22. The number of amides is 1. The number of Topliss-reactive ketones (excluding diaryl/α,β-unsaturated/α-hetero) is 1. The zero-order chi connectivity index (χ0) is 27.6. The molecule has 0 saturated carbocycles. The number of halogens is 2. The molecule has 0 saturated heterocycles. The second-order valence-electron chi connectivity index (χ2n) is 8.41. The minimum Gasteiger partial charge on any atom is -0.503 e. The van der Waals surface area contributed by atoms with Gasteiger partial charge in [-0.25, -0.2) is 0 Å². The number of aliphatic hydroxyl groups excluding tert-OH is 1. The lowest BCUT2D eigenvalue weighted by Crippen LogP contribution is -2.49. The Bertz CT molecular complexity index is 1440. The van der Waals surface area contributed by atoms with Crippen LogP contribution in [0.2, 0.25) is 10.0 Å². The van der Waals surface area contributed by atoms with Crippen LogP contribution in [0, 0.1) is 0 Å². The van der Waals surface area contributed by atoms with Crippen molar-refractivity contribution in [2.24, 2.45) is 0 Å². The maximum absolute atomic E-state index is 14.6. The van der Waals surface area contributed by atoms with Crippen molar-refractivity contribution in [2.45, 2.75) is 12.1 Å². The summed E-state index contributed by atoms with van der Waals surface area (Å²) in [7, 11) is 5.84. The Balaban J connectivity index is 2.01. The van der Waals surface area contributed by atoms with Crippen molar-refractivity contribution >= 4 is 34.9 Å². The Morgan fingerprint density at radius 1 is 0.921 bits per heavy atom. The molecule has 1 unspecified atom stereocenters. The number of benzene rings is 3. The van der Waals surface area contributed by atoms with Gasteiger partial charge in [-0.3, -0.25) is 9.59 Å². The monoisotopic (exact) mass is 557 g/mol. The predicted octanol–water partition coefficient (Wildman–Crippen LogP) is 5.59. The van der Waals surface area contributed by atoms with Crippen LogP contribution in [-0.4, -0.2) is 50.1 Å². The van der Waals surface area contributed by atoms with Crippen LogP contribution >= 0.6 is 23.2 Å². The molecule has 10 heteroatoms. The highest BCUT2D eigenvalue weighted by molar-refractivity contribution is 6.36. The van der Waals surface area contributed by atoms with Crippen molar-refractivity contribution in [1.29, 1.82) is 0 Å². The summed E-state index contributed by atoms with van der Waals surface area (Å²) in [6.45, 7) is -0.0483. The number of aliphatic hydroxyl groups is 1. The molecule has 3 aromatic carbocycles. The Hall–Kier alpha value is -3.88. The van der Waals surface area contributed by atoms with Gasteiger partial charge in [0.1, 0.15) is 11.5 Å². The molecule has 3 aromatic rings. The van der Waals surface area contributed by atoms with E-state index in [-0.39, 0.29) is 27.9 Å². The minimum atomic E-state index is -1.83. The quantitative estimate of drug-likeness (QED) is 0.342. The Morgan fingerprint density at radius 3 is 2.32 bits per heavy atom. The molecule has 0 bridgehead atoms. The van der Waals surface area contributed by atoms with Gasteiger partial charge in [0.2, 0.25) is 5.78 Å². The summed E-state index contributed by atoms with van der Waals surface area (Å²) >= 11 is 12.6. The number of carbonyl (C=O) groups excluding carboxylic acids is 2. The van der Waals surface area contributed by atoms with E-state index in [1.165, 1.54) is 51.5 Å². The molecule has 0 spiro atoms. The fraction of sp³-hybridized carbons (Fsp3) is 0.214. The third kappa shape index (κ3) is 4.61. The molecule has 1 aliphatic rings. The maximum atomic E-state index is 14.6. The Morgan fingerprint density at radius 2 is 1.66 bits per heavy atom. The molecular formula is C28H25Cl2NO7. The number of methoxy groups -OCH3 is 4. The second-order valence-corrected chi connectivity index (χ2v) is 9.25. The van der Waals surface area contributed by atoms with Gasteiger partial charge in [-0.2, -0.15) is 0 Å². The van der Waals surface area contributed by atoms with Crippen LogP contribution in [-0.2, 0) is 16.9 Å². The van der Waals surface area contributed by atoms with Gasteiger partial charge in [0.15, 0.2) is 22.8 Å². The fourth-order valence-corrected chi connectivity index (χ4v) is 5.13. The van der Waals surface area contributed by atoms with E-state index in [0.29, 0.717) is 28.4 Å². The Kier molecular flexibility index (Phi) is 7.76. The molecule has 1 N–H and O–H groups in total. The van der Waals surface area contributed by atoms with Crippen LogP contribution in [0.1, 0.15) is 21.5 Å². The molecule has 1 heterocycles. The van der Waals surface area contributed by atoms with Gasteiger partial charge >= 0.3 is 0 Å². The van der Waals surface area contributed by atoms with E-state index in [0.717, 1.165) is 0 Å². The maximum Gasteiger partial charge on any atom is 0.290 e. The van der Waals surface area contributed by atoms with E-state index in [4.69, 9.17) is 42.1 Å². The lowest BCUT2D eigenvalue weighted by Gasteiger charge is -2.37. The van der Waals surface area contributed by atoms with Crippen LogP contribution in [0.3, 0.4) is 0 Å². The molecule has 38 heavy (non-hydrogen) atoms. The fourth-order valence-electron chi connectivity index (χ4n) is 4.56. The molecule has 8 nitrogen and oxygen atoms in total. The van der Waals surface area contributed by atoms with Crippen LogP contribution in [0.5, 0.6) is 23.0 Å². The van der Waals surface area contributed by atoms with Gasteiger partial charge < -0.3 is 29.0 Å². The van der Waals surface area contributed by atoms with Crippen molar-refractivity contribution in [2.75, 3.05) is 28.4 Å². The first-order valence-corrected chi connectivity index (χ1v) is 12.1.